The second kappa shape index (κ2) is 13.3. The Hall–Kier alpha value is -5.34. The van der Waals surface area contributed by atoms with Gasteiger partial charge in [-0.1, -0.05) is 12.5 Å². The summed E-state index contributed by atoms with van der Waals surface area (Å²) in [5.74, 6) is -1.26. The molecule has 4 heterocycles. The van der Waals surface area contributed by atoms with Crippen LogP contribution in [0, 0.1) is 13.8 Å². The van der Waals surface area contributed by atoms with Crippen molar-refractivity contribution >= 4 is 40.4 Å². The highest BCUT2D eigenvalue weighted by Crippen LogP contribution is 2.32. The summed E-state index contributed by atoms with van der Waals surface area (Å²) in [6.45, 7) is 5.63. The number of hydrogen-bond acceptors (Lipinski definition) is 9. The van der Waals surface area contributed by atoms with Gasteiger partial charge >= 0.3 is 6.18 Å². The molecular formula is C34H35F3N8O4. The number of aryl methyl sites for hydroxylation is 2. The van der Waals surface area contributed by atoms with Crippen LogP contribution >= 0.6 is 0 Å². The molecule has 1 saturated heterocycles. The van der Waals surface area contributed by atoms with Crippen LogP contribution in [0.5, 0.6) is 5.75 Å². The van der Waals surface area contributed by atoms with Crippen molar-refractivity contribution in [3.63, 3.8) is 0 Å². The van der Waals surface area contributed by atoms with Crippen LogP contribution in [0.25, 0.3) is 17.2 Å². The van der Waals surface area contributed by atoms with Crippen molar-refractivity contribution in [3.05, 3.63) is 80.4 Å². The highest BCUT2D eigenvalue weighted by Gasteiger charge is 2.32. The fourth-order valence-electron chi connectivity index (χ4n) is 6.12. The third kappa shape index (κ3) is 6.69. The van der Waals surface area contributed by atoms with E-state index in [4.69, 9.17) is 0 Å². The molecule has 6 rings (SSSR count). The molecule has 4 aromatic rings. The van der Waals surface area contributed by atoms with Gasteiger partial charge in [0.15, 0.2) is 22.6 Å². The average molecular weight is 677 g/mol. The molecular weight excluding hydrogens is 641 g/mol. The van der Waals surface area contributed by atoms with Crippen LogP contribution in [0.4, 0.5) is 24.5 Å². The number of aromatic hydroxyl groups is 1. The molecule has 12 nitrogen and oxygen atoms in total. The Morgan fingerprint density at radius 2 is 1.80 bits per heavy atom. The van der Waals surface area contributed by atoms with Crippen LogP contribution in [0.3, 0.4) is 0 Å². The minimum Gasteiger partial charge on any atom is -0.504 e. The number of alkyl halides is 3. The van der Waals surface area contributed by atoms with E-state index in [0.29, 0.717) is 23.5 Å². The molecule has 0 bridgehead atoms. The number of benzene rings is 1. The standard InChI is InChI=1S/C34H35F3N8O4/c1-4-25-29(43-10-12-44(13-11-43)33(49)28-30(47)20(3)39-18-40-28)31(48)27-32(38-16-23(41-27)15-21-6-5-7-21)45(25)17-26(46)42-24-9-8-22(14-19(24)2)34(35,36)37/h8-9,14-16,18,47H,4-7,10-13,17H2,1-3H3,(H,42,46). The summed E-state index contributed by atoms with van der Waals surface area (Å²) >= 11 is 0. The number of amides is 2. The molecule has 2 fully saturated rings. The number of nitrogens with zero attached hydrogens (tertiary/aromatic N) is 7. The van der Waals surface area contributed by atoms with E-state index in [1.807, 2.05) is 17.9 Å². The van der Waals surface area contributed by atoms with Gasteiger partial charge in [-0.25, -0.2) is 19.9 Å². The quantitative estimate of drug-likeness (QED) is 0.286. The second-order valence-electron chi connectivity index (χ2n) is 12.2. The summed E-state index contributed by atoms with van der Waals surface area (Å²) in [6, 6.07) is 3.10. The SMILES string of the molecule is CCc1c(N2CCN(C(=O)c3ncnc(C)c3O)CC2)c(=O)c2nc(C=C3CCC3)cnc2n1CC(=O)Nc1ccc(C(F)(F)F)cc1C. The van der Waals surface area contributed by atoms with Crippen molar-refractivity contribution < 1.29 is 27.9 Å². The third-order valence-corrected chi connectivity index (χ3v) is 8.96. The zero-order valence-electron chi connectivity index (χ0n) is 27.3. The van der Waals surface area contributed by atoms with E-state index < -0.39 is 23.6 Å². The molecule has 1 saturated carbocycles. The molecule has 0 spiro atoms. The van der Waals surface area contributed by atoms with Gasteiger partial charge < -0.3 is 24.8 Å². The van der Waals surface area contributed by atoms with Crippen molar-refractivity contribution in [3.8, 4) is 5.75 Å². The first-order valence-electron chi connectivity index (χ1n) is 16.0. The lowest BCUT2D eigenvalue weighted by atomic mass is 9.92. The van der Waals surface area contributed by atoms with Crippen LogP contribution in [-0.4, -0.2) is 72.5 Å². The van der Waals surface area contributed by atoms with Crippen molar-refractivity contribution in [1.82, 2.24) is 29.4 Å². The van der Waals surface area contributed by atoms with Crippen LogP contribution < -0.4 is 15.6 Å². The molecule has 1 aliphatic heterocycles. The average Bonchev–Trinajstić information content (AvgIpc) is 3.05. The molecule has 0 atom stereocenters. The molecule has 0 radical (unpaired) electrons. The Kier molecular flexibility index (Phi) is 9.10. The summed E-state index contributed by atoms with van der Waals surface area (Å²) < 4.78 is 41.3. The predicted octanol–water partition coefficient (Wildman–Crippen LogP) is 4.65. The molecule has 49 heavy (non-hydrogen) atoms. The lowest BCUT2D eigenvalue weighted by molar-refractivity contribution is -0.137. The molecule has 15 heteroatoms. The molecule has 256 valence electrons. The number of rotatable bonds is 7. The van der Waals surface area contributed by atoms with Gasteiger partial charge in [0, 0.05) is 37.6 Å². The predicted molar refractivity (Wildman–Crippen MR) is 176 cm³/mol. The summed E-state index contributed by atoms with van der Waals surface area (Å²) in [6.07, 6.45) is 3.50. The first kappa shape index (κ1) is 33.6. The largest absolute Gasteiger partial charge is 0.504 e. The van der Waals surface area contributed by atoms with E-state index >= 15 is 0 Å². The first-order valence-corrected chi connectivity index (χ1v) is 16.0. The Morgan fingerprint density at radius 1 is 1.06 bits per heavy atom. The summed E-state index contributed by atoms with van der Waals surface area (Å²) in [5, 5.41) is 13.1. The lowest BCUT2D eigenvalue weighted by Gasteiger charge is -2.37. The number of carbonyl (C=O) groups is 2. The molecule has 1 aromatic carbocycles. The fourth-order valence-corrected chi connectivity index (χ4v) is 6.12. The number of anilines is 2. The highest BCUT2D eigenvalue weighted by molar-refractivity contribution is 5.95. The molecule has 1 aliphatic carbocycles. The zero-order valence-corrected chi connectivity index (χ0v) is 27.3. The van der Waals surface area contributed by atoms with Gasteiger partial charge in [0.1, 0.15) is 18.6 Å². The third-order valence-electron chi connectivity index (χ3n) is 8.96. The Morgan fingerprint density at radius 3 is 2.43 bits per heavy atom. The minimum absolute atomic E-state index is 0.0827. The highest BCUT2D eigenvalue weighted by atomic mass is 19.4. The number of hydrogen-bond donors (Lipinski definition) is 2. The van der Waals surface area contributed by atoms with Gasteiger partial charge in [0.25, 0.3) is 5.91 Å². The first-order chi connectivity index (χ1) is 23.3. The number of aromatic nitrogens is 5. The van der Waals surface area contributed by atoms with Gasteiger partial charge in [-0.15, -0.1) is 0 Å². The normalized spacial score (nSPS) is 14.9. The monoisotopic (exact) mass is 676 g/mol. The van der Waals surface area contributed by atoms with E-state index in [9.17, 15) is 32.7 Å². The van der Waals surface area contributed by atoms with Gasteiger partial charge in [0.2, 0.25) is 11.3 Å². The number of halogens is 3. The van der Waals surface area contributed by atoms with E-state index in [-0.39, 0.29) is 77.7 Å². The van der Waals surface area contributed by atoms with Gasteiger partial charge in [-0.05, 0) is 69.4 Å². The van der Waals surface area contributed by atoms with Crippen molar-refractivity contribution in [2.24, 2.45) is 0 Å². The molecule has 2 amide bonds. The number of pyridine rings is 1. The van der Waals surface area contributed by atoms with Gasteiger partial charge in [-0.2, -0.15) is 13.2 Å². The second-order valence-corrected chi connectivity index (χ2v) is 12.2. The Bertz CT molecular complexity index is 2050. The van der Waals surface area contributed by atoms with Crippen molar-refractivity contribution in [1.29, 1.82) is 0 Å². The van der Waals surface area contributed by atoms with Crippen molar-refractivity contribution in [2.75, 3.05) is 36.4 Å². The van der Waals surface area contributed by atoms with Crippen LogP contribution in [-0.2, 0) is 23.9 Å². The maximum atomic E-state index is 14.2. The summed E-state index contributed by atoms with van der Waals surface area (Å²) in [7, 11) is 0. The van der Waals surface area contributed by atoms with Crippen LogP contribution in [0.1, 0.15) is 64.9 Å². The maximum absolute atomic E-state index is 14.2. The summed E-state index contributed by atoms with van der Waals surface area (Å²) in [5.41, 5.74) is 2.38. The number of nitrogens with one attached hydrogen (secondary N) is 1. The summed E-state index contributed by atoms with van der Waals surface area (Å²) in [4.78, 5) is 61.5. The van der Waals surface area contributed by atoms with Gasteiger partial charge in [0.05, 0.1) is 23.1 Å². The number of allylic oxidation sites excluding steroid dienone is 1. The van der Waals surface area contributed by atoms with Crippen LogP contribution in [0.2, 0.25) is 0 Å². The van der Waals surface area contributed by atoms with Crippen molar-refractivity contribution in [2.45, 2.75) is 59.2 Å². The molecule has 0 unspecified atom stereocenters. The van der Waals surface area contributed by atoms with E-state index in [1.165, 1.54) is 24.9 Å². The fraction of sp³-hybridized carbons (Fsp3) is 0.382. The number of fused-ring (bicyclic) bond motifs is 1. The molecule has 3 aromatic heterocycles. The lowest BCUT2D eigenvalue weighted by Crippen LogP contribution is -2.50. The Balaban J connectivity index is 1.35. The van der Waals surface area contributed by atoms with E-state index in [0.717, 1.165) is 31.4 Å². The van der Waals surface area contributed by atoms with E-state index in [1.54, 1.807) is 22.6 Å². The van der Waals surface area contributed by atoms with Gasteiger partial charge in [-0.3, -0.25) is 14.4 Å². The maximum Gasteiger partial charge on any atom is 0.416 e. The number of carbonyl (C=O) groups excluding carboxylic acids is 2. The van der Waals surface area contributed by atoms with Crippen LogP contribution in [0.15, 0.2) is 41.1 Å². The Labute approximate surface area is 279 Å². The zero-order chi connectivity index (χ0) is 35.0. The molecule has 2 N–H and O–H groups in total. The minimum atomic E-state index is -4.52. The smallest absolute Gasteiger partial charge is 0.416 e. The van der Waals surface area contributed by atoms with E-state index in [2.05, 4.69) is 25.3 Å². The number of piperazine rings is 1. The molecule has 2 aliphatic rings. The topological polar surface area (TPSA) is 146 Å².